The Morgan fingerprint density at radius 2 is 1.97 bits per heavy atom. The predicted molar refractivity (Wildman–Crippen MR) is 103 cm³/mol. The zero-order valence-electron chi connectivity index (χ0n) is 16.7. The van der Waals surface area contributed by atoms with E-state index in [2.05, 4.69) is 0 Å². The molecule has 1 spiro atoms. The monoisotopic (exact) mass is 412 g/mol. The molecule has 2 atom stereocenters. The van der Waals surface area contributed by atoms with Crippen LogP contribution >= 0.6 is 0 Å². The van der Waals surface area contributed by atoms with E-state index < -0.39 is 24.2 Å². The molecule has 0 saturated carbocycles. The number of likely N-dealkylation sites (tertiary alicyclic amines) is 2. The Balaban J connectivity index is 1.84. The van der Waals surface area contributed by atoms with Gasteiger partial charge in [0.15, 0.2) is 0 Å². The number of alkyl halides is 3. The fourth-order valence-corrected chi connectivity index (χ4v) is 4.73. The second kappa shape index (κ2) is 8.45. The average molecular weight is 412 g/mol. The van der Waals surface area contributed by atoms with Gasteiger partial charge in [-0.3, -0.25) is 9.69 Å². The number of hydrogen-bond donors (Lipinski definition) is 1. The van der Waals surface area contributed by atoms with Crippen LogP contribution in [0, 0.1) is 0 Å². The van der Waals surface area contributed by atoms with Crippen molar-refractivity contribution in [2.24, 2.45) is 0 Å². The zero-order valence-corrected chi connectivity index (χ0v) is 16.7. The number of nitrogens with zero attached hydrogens (tertiary/aromatic N) is 2. The summed E-state index contributed by atoms with van der Waals surface area (Å²) in [5.41, 5.74) is 1.42. The number of methoxy groups -OCH3 is 1. The molecule has 8 heteroatoms. The Bertz CT molecular complexity index is 743. The van der Waals surface area contributed by atoms with Crippen molar-refractivity contribution >= 4 is 12.0 Å². The van der Waals surface area contributed by atoms with Crippen LogP contribution in [0.3, 0.4) is 0 Å². The Hall–Kier alpha value is -1.90. The van der Waals surface area contributed by atoms with Gasteiger partial charge < -0.3 is 14.7 Å². The maximum Gasteiger partial charge on any atom is 0.390 e. The van der Waals surface area contributed by atoms with E-state index in [4.69, 9.17) is 4.74 Å². The molecule has 5 nitrogen and oxygen atoms in total. The van der Waals surface area contributed by atoms with Gasteiger partial charge in [0, 0.05) is 38.7 Å². The van der Waals surface area contributed by atoms with Crippen LogP contribution in [0.15, 0.2) is 30.3 Å². The maximum atomic E-state index is 12.8. The highest BCUT2D eigenvalue weighted by Crippen LogP contribution is 2.54. The first-order valence-corrected chi connectivity index (χ1v) is 9.69. The topological polar surface area (TPSA) is 53.0 Å². The van der Waals surface area contributed by atoms with E-state index >= 15 is 0 Å². The van der Waals surface area contributed by atoms with E-state index in [1.165, 1.54) is 7.11 Å². The van der Waals surface area contributed by atoms with Gasteiger partial charge in [-0.25, -0.2) is 0 Å². The van der Waals surface area contributed by atoms with Gasteiger partial charge in [-0.1, -0.05) is 36.4 Å². The van der Waals surface area contributed by atoms with Crippen molar-refractivity contribution in [1.29, 1.82) is 0 Å². The molecule has 1 amide bonds. The number of allylic oxidation sites excluding steroid dienone is 1. The number of aliphatic hydroxyl groups is 1. The average Bonchev–Trinajstić information content (AvgIpc) is 2.60. The highest BCUT2D eigenvalue weighted by molar-refractivity contribution is 5.79. The lowest BCUT2D eigenvalue weighted by molar-refractivity contribution is -0.210. The van der Waals surface area contributed by atoms with Crippen molar-refractivity contribution in [3.05, 3.63) is 41.5 Å². The van der Waals surface area contributed by atoms with Crippen LogP contribution in [0.5, 0.6) is 0 Å². The second-order valence-electron chi connectivity index (χ2n) is 7.74. The normalized spacial score (nSPS) is 24.0. The quantitative estimate of drug-likeness (QED) is 0.748. The van der Waals surface area contributed by atoms with Gasteiger partial charge in [0.2, 0.25) is 5.91 Å². The Morgan fingerprint density at radius 3 is 2.48 bits per heavy atom. The molecule has 0 unspecified atom stereocenters. The summed E-state index contributed by atoms with van der Waals surface area (Å²) >= 11 is 0. The SMILES string of the molecule is C/C=C/c1ccc([C@@H]2[C@H](CO)N(CCC(F)(F)F)C23CN(C(=O)COC)C3)cc1. The third-order valence-corrected chi connectivity index (χ3v) is 5.96. The van der Waals surface area contributed by atoms with Gasteiger partial charge in [0.1, 0.15) is 6.61 Å². The first kappa shape index (κ1) is 21.8. The minimum Gasteiger partial charge on any atom is -0.395 e. The maximum absolute atomic E-state index is 12.8. The Labute approximate surface area is 168 Å². The van der Waals surface area contributed by atoms with Gasteiger partial charge in [-0.05, 0) is 18.1 Å². The van der Waals surface area contributed by atoms with Crippen LogP contribution in [-0.2, 0) is 9.53 Å². The van der Waals surface area contributed by atoms with E-state index in [1.807, 2.05) is 43.3 Å². The molecule has 29 heavy (non-hydrogen) atoms. The minimum absolute atomic E-state index is 0.0508. The van der Waals surface area contributed by atoms with Gasteiger partial charge in [-0.2, -0.15) is 13.2 Å². The molecule has 0 radical (unpaired) electrons. The van der Waals surface area contributed by atoms with E-state index in [9.17, 15) is 23.1 Å². The molecule has 1 N–H and O–H groups in total. The van der Waals surface area contributed by atoms with Crippen LogP contribution in [0.2, 0.25) is 0 Å². The Kier molecular flexibility index (Phi) is 6.36. The summed E-state index contributed by atoms with van der Waals surface area (Å²) in [7, 11) is 1.43. The molecule has 2 aliphatic rings. The van der Waals surface area contributed by atoms with Crippen molar-refractivity contribution < 1.29 is 27.8 Å². The predicted octanol–water partition coefficient (Wildman–Crippen LogP) is 2.66. The standard InChI is InChI=1S/C21H27F3N2O3/c1-3-4-15-5-7-16(8-6-15)19-17(11-27)26(10-9-21(22,23)24)20(19)13-25(14-20)18(28)12-29-2/h3-8,17,19,27H,9-14H2,1-2H3/b4-3+/t17-,19+/m0/s1. The number of hydrogen-bond acceptors (Lipinski definition) is 4. The highest BCUT2D eigenvalue weighted by Gasteiger charge is 2.66. The van der Waals surface area contributed by atoms with Crippen LogP contribution in [-0.4, -0.2) is 78.5 Å². The number of carbonyl (C=O) groups excluding carboxylic acids is 1. The molecular weight excluding hydrogens is 385 g/mol. The first-order valence-electron chi connectivity index (χ1n) is 9.69. The largest absolute Gasteiger partial charge is 0.395 e. The molecule has 2 fully saturated rings. The number of ether oxygens (including phenoxy) is 1. The fraction of sp³-hybridized carbons (Fsp3) is 0.571. The number of aliphatic hydroxyl groups excluding tert-OH is 1. The summed E-state index contributed by atoms with van der Waals surface area (Å²) in [6.07, 6.45) is -1.31. The van der Waals surface area contributed by atoms with Crippen LogP contribution in [0.1, 0.15) is 30.4 Å². The first-order chi connectivity index (χ1) is 13.8. The van der Waals surface area contributed by atoms with Gasteiger partial charge in [-0.15, -0.1) is 0 Å². The highest BCUT2D eigenvalue weighted by atomic mass is 19.4. The number of benzene rings is 1. The second-order valence-corrected chi connectivity index (χ2v) is 7.74. The molecule has 1 aromatic carbocycles. The summed E-state index contributed by atoms with van der Waals surface area (Å²) < 4.78 is 43.4. The summed E-state index contributed by atoms with van der Waals surface area (Å²) in [4.78, 5) is 15.5. The van der Waals surface area contributed by atoms with Gasteiger partial charge in [0.05, 0.1) is 18.6 Å². The van der Waals surface area contributed by atoms with E-state index in [1.54, 1.807) is 9.80 Å². The molecular formula is C21H27F3N2O3. The van der Waals surface area contributed by atoms with Crippen molar-refractivity contribution in [3.63, 3.8) is 0 Å². The minimum atomic E-state index is -4.27. The number of amides is 1. The lowest BCUT2D eigenvalue weighted by atomic mass is 9.60. The third kappa shape index (κ3) is 4.20. The lowest BCUT2D eigenvalue weighted by Crippen LogP contribution is -2.85. The van der Waals surface area contributed by atoms with Crippen LogP contribution in [0.25, 0.3) is 6.08 Å². The van der Waals surface area contributed by atoms with E-state index in [-0.39, 0.29) is 31.6 Å². The van der Waals surface area contributed by atoms with Gasteiger partial charge in [0.25, 0.3) is 0 Å². The summed E-state index contributed by atoms with van der Waals surface area (Å²) in [6, 6.07) is 7.45. The van der Waals surface area contributed by atoms with Crippen molar-refractivity contribution in [2.45, 2.75) is 37.0 Å². The van der Waals surface area contributed by atoms with Crippen molar-refractivity contribution in [2.75, 3.05) is 40.0 Å². The molecule has 3 rings (SSSR count). The summed E-state index contributed by atoms with van der Waals surface area (Å²) in [5, 5.41) is 9.93. The number of carbonyl (C=O) groups is 1. The third-order valence-electron chi connectivity index (χ3n) is 5.96. The molecule has 1 aromatic rings. The molecule has 0 aliphatic carbocycles. The van der Waals surface area contributed by atoms with Crippen LogP contribution in [0.4, 0.5) is 13.2 Å². The molecule has 0 aromatic heterocycles. The lowest BCUT2D eigenvalue weighted by Gasteiger charge is -2.71. The molecule has 2 heterocycles. The molecule has 0 bridgehead atoms. The summed E-state index contributed by atoms with van der Waals surface area (Å²) in [6.45, 7) is 2.14. The molecule has 2 saturated heterocycles. The zero-order chi connectivity index (χ0) is 21.2. The van der Waals surface area contributed by atoms with E-state index in [0.717, 1.165) is 11.1 Å². The van der Waals surface area contributed by atoms with Crippen molar-refractivity contribution in [3.8, 4) is 0 Å². The molecule has 160 valence electrons. The summed E-state index contributed by atoms with van der Waals surface area (Å²) in [5.74, 6) is -0.310. The number of rotatable bonds is 7. The smallest absolute Gasteiger partial charge is 0.390 e. The van der Waals surface area contributed by atoms with Crippen LogP contribution < -0.4 is 0 Å². The van der Waals surface area contributed by atoms with E-state index in [0.29, 0.717) is 13.1 Å². The fourth-order valence-electron chi connectivity index (χ4n) is 4.73. The number of halogens is 3. The van der Waals surface area contributed by atoms with Crippen molar-refractivity contribution in [1.82, 2.24) is 9.80 Å². The molecule has 2 aliphatic heterocycles. The Morgan fingerprint density at radius 1 is 1.31 bits per heavy atom. The van der Waals surface area contributed by atoms with Gasteiger partial charge >= 0.3 is 6.18 Å².